The summed E-state index contributed by atoms with van der Waals surface area (Å²) in [5.74, 6) is 0. The monoisotopic (exact) mass is 618 g/mol. The molecule has 0 unspecified atom stereocenters. The van der Waals surface area contributed by atoms with Crippen molar-refractivity contribution >= 4 is 34.4 Å². The first-order valence-corrected chi connectivity index (χ1v) is 13.9. The Balaban J connectivity index is 0.00000361. The standard InChI is InChI=1S/C30H39N2O2S.HI/c1-3-4-13-25-22-24(23-30-31(2)28-16-9-10-17-29(28)35-30)26-14-7-8-15-27(26)32(25)18-11-5-6-12-20-34-21-19-33;/h7-10,14-17,22-23,33H,3-6,11-13,18-21H2,1-2H3;1H/q+1;/p-1. The minimum Gasteiger partial charge on any atom is -1.00 e. The van der Waals surface area contributed by atoms with Gasteiger partial charge in [-0.25, -0.2) is 0 Å². The van der Waals surface area contributed by atoms with Crippen LogP contribution in [-0.2, 0) is 17.7 Å². The first-order chi connectivity index (χ1) is 17.2. The van der Waals surface area contributed by atoms with Gasteiger partial charge in [-0.15, -0.1) is 0 Å². The Morgan fingerprint density at radius 1 is 0.972 bits per heavy atom. The maximum absolute atomic E-state index is 8.83. The fourth-order valence-electron chi connectivity index (χ4n) is 4.77. The zero-order valence-corrected chi connectivity index (χ0v) is 24.6. The zero-order valence-electron chi connectivity index (χ0n) is 21.6. The van der Waals surface area contributed by atoms with Crippen LogP contribution in [-0.4, -0.2) is 32.0 Å². The molecule has 194 valence electrons. The van der Waals surface area contributed by atoms with Crippen molar-refractivity contribution in [1.82, 2.24) is 0 Å². The quantitative estimate of drug-likeness (QED) is 0.181. The van der Waals surface area contributed by atoms with Gasteiger partial charge in [0.1, 0.15) is 6.54 Å². The molecule has 0 radical (unpaired) electrons. The van der Waals surface area contributed by atoms with E-state index in [2.05, 4.69) is 84.1 Å². The Kier molecular flexibility index (Phi) is 12.0. The van der Waals surface area contributed by atoms with E-state index < -0.39 is 0 Å². The molecular formula is C30H39IN2O2S. The number of benzene rings is 2. The van der Waals surface area contributed by atoms with Gasteiger partial charge in [-0.3, -0.25) is 0 Å². The average molecular weight is 619 g/mol. The number of fused-ring (bicyclic) bond motifs is 2. The van der Waals surface area contributed by atoms with Gasteiger partial charge in [0.2, 0.25) is 5.52 Å². The highest BCUT2D eigenvalue weighted by Gasteiger charge is 2.23. The van der Waals surface area contributed by atoms with E-state index in [0.29, 0.717) is 6.61 Å². The van der Waals surface area contributed by atoms with Gasteiger partial charge in [-0.1, -0.05) is 55.8 Å². The topological polar surface area (TPSA) is 36.6 Å². The van der Waals surface area contributed by atoms with Crippen LogP contribution in [0.15, 0.2) is 64.5 Å². The molecule has 1 N–H and O–H groups in total. The van der Waals surface area contributed by atoms with Crippen LogP contribution in [0.3, 0.4) is 0 Å². The third-order valence-corrected chi connectivity index (χ3v) is 7.83. The molecule has 0 fully saturated rings. The number of unbranched alkanes of at least 4 members (excludes halogenated alkanes) is 4. The number of ether oxygens (including phenoxy) is 1. The van der Waals surface area contributed by atoms with Crippen molar-refractivity contribution in [2.45, 2.75) is 63.3 Å². The fourth-order valence-corrected chi connectivity index (χ4v) is 5.87. The second kappa shape index (κ2) is 15.0. The number of pyridine rings is 1. The number of aliphatic hydroxyl groups excluding tert-OH is 1. The highest BCUT2D eigenvalue weighted by Crippen LogP contribution is 2.45. The van der Waals surface area contributed by atoms with E-state index in [0.717, 1.165) is 26.0 Å². The van der Waals surface area contributed by atoms with Crippen LogP contribution in [0.1, 0.15) is 56.7 Å². The number of rotatable bonds is 13. The van der Waals surface area contributed by atoms with E-state index in [1.54, 1.807) is 0 Å². The summed E-state index contributed by atoms with van der Waals surface area (Å²) in [6.07, 6.45) is 10.5. The second-order valence-electron chi connectivity index (χ2n) is 9.22. The van der Waals surface area contributed by atoms with Crippen molar-refractivity contribution in [1.29, 1.82) is 0 Å². The summed E-state index contributed by atoms with van der Waals surface area (Å²) in [7, 11) is 2.17. The van der Waals surface area contributed by atoms with Crippen LogP contribution < -0.4 is 33.4 Å². The average Bonchev–Trinajstić information content (AvgIpc) is 3.20. The SMILES string of the molecule is CCCCc1cc(C=C2Sc3ccccc3N2C)c2ccccc2[n+]1CCCCCCOCCO.[I-]. The number of thioether (sulfide) groups is 1. The van der Waals surface area contributed by atoms with Crippen LogP contribution >= 0.6 is 11.8 Å². The van der Waals surface area contributed by atoms with Gasteiger partial charge >= 0.3 is 0 Å². The highest BCUT2D eigenvalue weighted by molar-refractivity contribution is 8.03. The van der Waals surface area contributed by atoms with Gasteiger partial charge in [-0.05, 0) is 49.1 Å². The molecular weight excluding hydrogens is 579 g/mol. The van der Waals surface area contributed by atoms with E-state index in [4.69, 9.17) is 9.84 Å². The van der Waals surface area contributed by atoms with Crippen LogP contribution in [0.4, 0.5) is 5.69 Å². The predicted molar refractivity (Wildman–Crippen MR) is 148 cm³/mol. The number of aliphatic hydroxyl groups is 1. The smallest absolute Gasteiger partial charge is 0.213 e. The normalized spacial score (nSPS) is 13.9. The minimum absolute atomic E-state index is 0. The van der Waals surface area contributed by atoms with Gasteiger partial charge < -0.3 is 38.7 Å². The lowest BCUT2D eigenvalue weighted by molar-refractivity contribution is -0.679. The highest BCUT2D eigenvalue weighted by atomic mass is 127. The van der Waals surface area contributed by atoms with Gasteiger partial charge in [0.05, 0.1) is 29.3 Å². The molecule has 4 rings (SSSR count). The molecule has 1 aliphatic heterocycles. The fraction of sp³-hybridized carbons (Fsp3) is 0.433. The summed E-state index contributed by atoms with van der Waals surface area (Å²) >= 11 is 1.86. The molecule has 1 aliphatic rings. The van der Waals surface area contributed by atoms with E-state index in [9.17, 15) is 0 Å². The number of hydrogen-bond donors (Lipinski definition) is 1. The molecule has 0 spiro atoms. The Hall–Kier alpha value is -1.61. The third-order valence-electron chi connectivity index (χ3n) is 6.67. The van der Waals surface area contributed by atoms with Crippen LogP contribution in [0, 0.1) is 0 Å². The Morgan fingerprint density at radius 3 is 2.56 bits per heavy atom. The van der Waals surface area contributed by atoms with Gasteiger partial charge in [-0.2, -0.15) is 4.57 Å². The molecule has 3 aromatic rings. The summed E-state index contributed by atoms with van der Waals surface area (Å²) in [5.41, 5.74) is 5.37. The summed E-state index contributed by atoms with van der Waals surface area (Å²) in [5, 5.41) is 11.4. The number of anilines is 1. The molecule has 0 amide bonds. The Morgan fingerprint density at radius 2 is 1.75 bits per heavy atom. The van der Waals surface area contributed by atoms with Crippen molar-refractivity contribution in [3.63, 3.8) is 0 Å². The van der Waals surface area contributed by atoms with Crippen molar-refractivity contribution in [3.8, 4) is 0 Å². The number of hydrogen-bond acceptors (Lipinski definition) is 4. The summed E-state index contributed by atoms with van der Waals surface area (Å²) in [6.45, 7) is 4.63. The molecule has 36 heavy (non-hydrogen) atoms. The maximum Gasteiger partial charge on any atom is 0.213 e. The lowest BCUT2D eigenvalue weighted by atomic mass is 10.0. The molecule has 0 saturated carbocycles. The van der Waals surface area contributed by atoms with E-state index in [1.807, 2.05) is 11.8 Å². The minimum atomic E-state index is 0. The van der Waals surface area contributed by atoms with Gasteiger partial charge in [0.25, 0.3) is 0 Å². The Labute approximate surface area is 237 Å². The van der Waals surface area contributed by atoms with Crippen LogP contribution in [0.25, 0.3) is 17.0 Å². The number of halogens is 1. The van der Waals surface area contributed by atoms with Crippen LogP contribution in [0.2, 0.25) is 0 Å². The van der Waals surface area contributed by atoms with Crippen molar-refractivity contribution in [3.05, 3.63) is 70.9 Å². The number of aryl methyl sites for hydroxylation is 2. The van der Waals surface area contributed by atoms with Gasteiger partial charge in [0, 0.05) is 43.5 Å². The molecule has 0 atom stereocenters. The maximum atomic E-state index is 8.83. The van der Waals surface area contributed by atoms with Crippen molar-refractivity contribution in [2.24, 2.45) is 0 Å². The first-order valence-electron chi connectivity index (χ1n) is 13.1. The second-order valence-corrected chi connectivity index (χ2v) is 10.3. The van der Waals surface area contributed by atoms with Crippen molar-refractivity contribution in [2.75, 3.05) is 31.8 Å². The lowest BCUT2D eigenvalue weighted by Gasteiger charge is -2.15. The molecule has 1 aromatic heterocycles. The zero-order chi connectivity index (χ0) is 24.5. The molecule has 0 saturated heterocycles. The predicted octanol–water partition coefficient (Wildman–Crippen LogP) is 3.58. The molecule has 0 bridgehead atoms. The molecule has 4 nitrogen and oxygen atoms in total. The number of nitrogens with zero attached hydrogens (tertiary/aromatic N) is 2. The molecule has 2 heterocycles. The van der Waals surface area contributed by atoms with E-state index >= 15 is 0 Å². The largest absolute Gasteiger partial charge is 1.00 e. The molecule has 6 heteroatoms. The summed E-state index contributed by atoms with van der Waals surface area (Å²) in [6, 6.07) is 20.0. The first kappa shape index (κ1) is 29.0. The van der Waals surface area contributed by atoms with E-state index in [-0.39, 0.29) is 30.6 Å². The van der Waals surface area contributed by atoms with E-state index in [1.165, 1.54) is 69.9 Å². The summed E-state index contributed by atoms with van der Waals surface area (Å²) < 4.78 is 7.96. The summed E-state index contributed by atoms with van der Waals surface area (Å²) in [4.78, 5) is 3.63. The lowest BCUT2D eigenvalue weighted by Crippen LogP contribution is -3.00. The molecule has 0 aliphatic carbocycles. The van der Waals surface area contributed by atoms with Crippen LogP contribution in [0.5, 0.6) is 0 Å². The third kappa shape index (κ3) is 7.24. The number of aromatic nitrogens is 1. The van der Waals surface area contributed by atoms with Gasteiger partial charge in [0.15, 0.2) is 5.69 Å². The number of para-hydroxylation sites is 2. The van der Waals surface area contributed by atoms with Crippen molar-refractivity contribution < 1.29 is 38.4 Å². The molecule has 2 aromatic carbocycles. The Bertz CT molecular complexity index is 1150.